The Morgan fingerprint density at radius 1 is 1.40 bits per heavy atom. The summed E-state index contributed by atoms with van der Waals surface area (Å²) in [6.45, 7) is 5.75. The van der Waals surface area contributed by atoms with Gasteiger partial charge in [0, 0.05) is 22.3 Å². The zero-order valence-corrected chi connectivity index (χ0v) is 13.2. The molecule has 112 valence electrons. The van der Waals surface area contributed by atoms with Crippen molar-refractivity contribution in [1.29, 1.82) is 0 Å². The van der Waals surface area contributed by atoms with Crippen molar-refractivity contribution in [3.8, 4) is 5.75 Å². The minimum absolute atomic E-state index is 0.150. The number of benzene rings is 1. The minimum atomic E-state index is -3.94. The number of ether oxygens (including phenoxy) is 1. The maximum Gasteiger partial charge on any atom is 0.265 e. The first-order chi connectivity index (χ1) is 9.29. The van der Waals surface area contributed by atoms with Crippen LogP contribution in [0.1, 0.15) is 27.2 Å². The molecule has 1 aromatic carbocycles. The highest BCUT2D eigenvalue weighted by Gasteiger charge is 2.19. The van der Waals surface area contributed by atoms with Crippen molar-refractivity contribution in [3.05, 3.63) is 18.2 Å². The highest BCUT2D eigenvalue weighted by atomic mass is 35.7. The summed E-state index contributed by atoms with van der Waals surface area (Å²) < 4.78 is 28.3. The van der Waals surface area contributed by atoms with Crippen LogP contribution in [0.2, 0.25) is 0 Å². The summed E-state index contributed by atoms with van der Waals surface area (Å²) in [4.78, 5) is 11.6. The van der Waals surface area contributed by atoms with Gasteiger partial charge in [-0.25, -0.2) is 8.42 Å². The van der Waals surface area contributed by atoms with E-state index in [1.165, 1.54) is 12.1 Å². The van der Waals surface area contributed by atoms with Gasteiger partial charge in [0.15, 0.2) is 0 Å². The standard InChI is InChI=1S/C13H18ClNO4S/c1-4-9(3)13(16)15-10-6-7-11(19-5-2)12(8-10)20(14,17)18/h6-9H,4-5H2,1-3H3,(H,15,16). The molecule has 0 aliphatic rings. The van der Waals surface area contributed by atoms with Crippen LogP contribution in [0.5, 0.6) is 5.75 Å². The van der Waals surface area contributed by atoms with Crippen molar-refractivity contribution in [2.45, 2.75) is 32.1 Å². The van der Waals surface area contributed by atoms with Gasteiger partial charge in [-0.3, -0.25) is 4.79 Å². The fourth-order valence-electron chi connectivity index (χ4n) is 1.50. The van der Waals surface area contributed by atoms with E-state index in [0.717, 1.165) is 0 Å². The average Bonchev–Trinajstić information content (AvgIpc) is 2.38. The summed E-state index contributed by atoms with van der Waals surface area (Å²) in [6.07, 6.45) is 0.698. The van der Waals surface area contributed by atoms with E-state index in [9.17, 15) is 13.2 Å². The van der Waals surface area contributed by atoms with Crippen molar-refractivity contribution in [1.82, 2.24) is 0 Å². The lowest BCUT2D eigenvalue weighted by Gasteiger charge is -2.13. The zero-order valence-electron chi connectivity index (χ0n) is 11.6. The van der Waals surface area contributed by atoms with Gasteiger partial charge in [0.1, 0.15) is 10.6 Å². The van der Waals surface area contributed by atoms with Gasteiger partial charge in [-0.2, -0.15) is 0 Å². The van der Waals surface area contributed by atoms with E-state index < -0.39 is 9.05 Å². The first-order valence-corrected chi connectivity index (χ1v) is 8.62. The largest absolute Gasteiger partial charge is 0.492 e. The van der Waals surface area contributed by atoms with Gasteiger partial charge in [0.05, 0.1) is 6.61 Å². The van der Waals surface area contributed by atoms with E-state index in [2.05, 4.69) is 5.32 Å². The molecule has 0 saturated carbocycles. The number of hydrogen-bond acceptors (Lipinski definition) is 4. The van der Waals surface area contributed by atoms with Crippen LogP contribution in [0.3, 0.4) is 0 Å². The van der Waals surface area contributed by atoms with Crippen LogP contribution in [0.4, 0.5) is 5.69 Å². The second kappa shape index (κ2) is 6.95. The molecule has 20 heavy (non-hydrogen) atoms. The Morgan fingerprint density at radius 2 is 2.05 bits per heavy atom. The number of nitrogens with one attached hydrogen (secondary N) is 1. The second-order valence-electron chi connectivity index (χ2n) is 4.33. The van der Waals surface area contributed by atoms with Crippen molar-refractivity contribution in [2.24, 2.45) is 5.92 Å². The van der Waals surface area contributed by atoms with Crippen LogP contribution in [-0.2, 0) is 13.8 Å². The molecule has 1 aromatic rings. The van der Waals surface area contributed by atoms with E-state index in [-0.39, 0.29) is 22.5 Å². The third kappa shape index (κ3) is 4.38. The lowest BCUT2D eigenvalue weighted by molar-refractivity contribution is -0.119. The van der Waals surface area contributed by atoms with Gasteiger partial charge in [-0.1, -0.05) is 13.8 Å². The van der Waals surface area contributed by atoms with Crippen LogP contribution < -0.4 is 10.1 Å². The molecule has 0 bridgehead atoms. The summed E-state index contributed by atoms with van der Waals surface area (Å²) >= 11 is 0. The molecule has 0 aliphatic heterocycles. The van der Waals surface area contributed by atoms with Crippen molar-refractivity contribution < 1.29 is 17.9 Å². The Bertz CT molecular complexity index is 586. The van der Waals surface area contributed by atoms with E-state index in [0.29, 0.717) is 18.7 Å². The number of hydrogen-bond donors (Lipinski definition) is 1. The predicted octanol–water partition coefficient (Wildman–Crippen LogP) is 3.00. The van der Waals surface area contributed by atoms with Crippen LogP contribution in [0, 0.1) is 5.92 Å². The van der Waals surface area contributed by atoms with E-state index in [4.69, 9.17) is 15.4 Å². The Balaban J connectivity index is 3.10. The van der Waals surface area contributed by atoms with Gasteiger partial charge < -0.3 is 10.1 Å². The Kier molecular flexibility index (Phi) is 5.83. The quantitative estimate of drug-likeness (QED) is 0.818. The second-order valence-corrected chi connectivity index (χ2v) is 6.87. The highest BCUT2D eigenvalue weighted by Crippen LogP contribution is 2.30. The van der Waals surface area contributed by atoms with Gasteiger partial charge in [0.25, 0.3) is 9.05 Å². The average molecular weight is 320 g/mol. The lowest BCUT2D eigenvalue weighted by Crippen LogP contribution is -2.19. The Morgan fingerprint density at radius 3 is 2.55 bits per heavy atom. The van der Waals surface area contributed by atoms with Crippen molar-refractivity contribution >= 4 is 31.3 Å². The molecule has 7 heteroatoms. The fraction of sp³-hybridized carbons (Fsp3) is 0.462. The summed E-state index contributed by atoms with van der Waals surface area (Å²) in [5.41, 5.74) is 0.373. The first-order valence-electron chi connectivity index (χ1n) is 6.32. The zero-order chi connectivity index (χ0) is 15.3. The molecule has 0 saturated heterocycles. The molecule has 1 rings (SSSR count). The molecular weight excluding hydrogens is 302 g/mol. The highest BCUT2D eigenvalue weighted by molar-refractivity contribution is 8.13. The molecule has 1 atom stereocenters. The molecule has 1 N–H and O–H groups in total. The van der Waals surface area contributed by atoms with Gasteiger partial charge >= 0.3 is 0 Å². The van der Waals surface area contributed by atoms with E-state index >= 15 is 0 Å². The minimum Gasteiger partial charge on any atom is -0.492 e. The maximum atomic E-state index is 11.8. The monoisotopic (exact) mass is 319 g/mol. The van der Waals surface area contributed by atoms with Crippen LogP contribution in [0.25, 0.3) is 0 Å². The predicted molar refractivity (Wildman–Crippen MR) is 78.7 cm³/mol. The molecule has 1 amide bonds. The summed E-state index contributed by atoms with van der Waals surface area (Å²) in [5.74, 6) is -0.156. The van der Waals surface area contributed by atoms with Crippen LogP contribution >= 0.6 is 10.7 Å². The van der Waals surface area contributed by atoms with E-state index in [1.807, 2.05) is 6.92 Å². The molecule has 5 nitrogen and oxygen atoms in total. The molecule has 0 heterocycles. The molecule has 0 radical (unpaired) electrons. The Hall–Kier alpha value is -1.27. The molecule has 1 unspecified atom stereocenters. The third-order valence-electron chi connectivity index (χ3n) is 2.83. The van der Waals surface area contributed by atoms with Crippen molar-refractivity contribution in [3.63, 3.8) is 0 Å². The normalized spacial score (nSPS) is 12.8. The summed E-state index contributed by atoms with van der Waals surface area (Å²) in [7, 11) is 1.43. The van der Waals surface area contributed by atoms with Gasteiger partial charge in [0.2, 0.25) is 5.91 Å². The van der Waals surface area contributed by atoms with Crippen molar-refractivity contribution in [2.75, 3.05) is 11.9 Å². The topological polar surface area (TPSA) is 72.5 Å². The molecule has 0 aliphatic carbocycles. The van der Waals surface area contributed by atoms with Crippen LogP contribution in [-0.4, -0.2) is 20.9 Å². The number of rotatable bonds is 6. The number of carbonyl (C=O) groups is 1. The number of carbonyl (C=O) groups excluding carboxylic acids is 1. The third-order valence-corrected chi connectivity index (χ3v) is 4.18. The SMILES string of the molecule is CCOc1ccc(NC(=O)C(C)CC)cc1S(=O)(=O)Cl. The number of halogens is 1. The number of anilines is 1. The fourth-order valence-corrected chi connectivity index (χ4v) is 2.50. The van der Waals surface area contributed by atoms with E-state index in [1.54, 1.807) is 19.9 Å². The van der Waals surface area contributed by atoms with Crippen LogP contribution in [0.15, 0.2) is 23.1 Å². The summed E-state index contributed by atoms with van der Waals surface area (Å²) in [5, 5.41) is 2.66. The lowest BCUT2D eigenvalue weighted by atomic mass is 10.1. The van der Waals surface area contributed by atoms with Gasteiger partial charge in [-0.15, -0.1) is 0 Å². The molecule has 0 spiro atoms. The maximum absolute atomic E-state index is 11.8. The first kappa shape index (κ1) is 16.8. The van der Waals surface area contributed by atoms with Gasteiger partial charge in [-0.05, 0) is 31.5 Å². The smallest absolute Gasteiger partial charge is 0.265 e. The molecule has 0 fully saturated rings. The number of amides is 1. The Labute approximate surface area is 123 Å². The molecular formula is C13H18ClNO4S. The summed E-state index contributed by atoms with van der Waals surface area (Å²) in [6, 6.07) is 4.36. The molecule has 0 aromatic heterocycles.